The normalized spacial score (nSPS) is 22.0. The molecule has 0 saturated heterocycles. The molecule has 0 aliphatic heterocycles. The van der Waals surface area contributed by atoms with Crippen molar-refractivity contribution in [2.75, 3.05) is 0 Å². The second-order valence-corrected chi connectivity index (χ2v) is 5.34. The zero-order valence-corrected chi connectivity index (χ0v) is 10.9. The fourth-order valence-corrected chi connectivity index (χ4v) is 3.04. The summed E-state index contributed by atoms with van der Waals surface area (Å²) in [5.74, 6) is 0.152. The van der Waals surface area contributed by atoms with Crippen LogP contribution in [0.15, 0.2) is 48.5 Å². The van der Waals surface area contributed by atoms with Crippen molar-refractivity contribution in [3.05, 3.63) is 71.0 Å². The molecule has 1 aliphatic carbocycles. The summed E-state index contributed by atoms with van der Waals surface area (Å²) in [5.41, 5.74) is 9.93. The van der Waals surface area contributed by atoms with Gasteiger partial charge in [-0.2, -0.15) is 0 Å². The van der Waals surface area contributed by atoms with Gasteiger partial charge in [0, 0.05) is 12.0 Å². The van der Waals surface area contributed by atoms with Crippen LogP contribution in [-0.2, 0) is 12.8 Å². The van der Waals surface area contributed by atoms with Crippen LogP contribution in [0.4, 0.5) is 4.39 Å². The second-order valence-electron chi connectivity index (χ2n) is 5.34. The summed E-state index contributed by atoms with van der Waals surface area (Å²) in [5, 5.41) is 0. The van der Waals surface area contributed by atoms with E-state index >= 15 is 0 Å². The summed E-state index contributed by atoms with van der Waals surface area (Å²) in [6.07, 6.45) is 2.76. The first-order valence-electron chi connectivity index (χ1n) is 6.82. The molecule has 2 aromatic carbocycles. The van der Waals surface area contributed by atoms with Crippen LogP contribution in [0, 0.1) is 5.82 Å². The molecule has 1 aliphatic rings. The Bertz CT molecular complexity index is 565. The van der Waals surface area contributed by atoms with Crippen molar-refractivity contribution in [1.29, 1.82) is 0 Å². The van der Waals surface area contributed by atoms with Crippen LogP contribution in [0.1, 0.15) is 29.0 Å². The van der Waals surface area contributed by atoms with Crippen LogP contribution >= 0.6 is 0 Å². The van der Waals surface area contributed by atoms with Crippen molar-refractivity contribution in [2.45, 2.75) is 31.2 Å². The minimum absolute atomic E-state index is 0.146. The molecule has 1 unspecified atom stereocenters. The number of nitrogens with two attached hydrogens (primary N) is 1. The summed E-state index contributed by atoms with van der Waals surface area (Å²) in [7, 11) is 0. The van der Waals surface area contributed by atoms with Gasteiger partial charge in [-0.15, -0.1) is 0 Å². The van der Waals surface area contributed by atoms with Gasteiger partial charge in [0.1, 0.15) is 5.82 Å². The minimum atomic E-state index is -0.146. The molecule has 0 heterocycles. The fourth-order valence-electron chi connectivity index (χ4n) is 3.04. The number of hydrogen-bond donors (Lipinski definition) is 1. The third-order valence-electron chi connectivity index (χ3n) is 4.07. The van der Waals surface area contributed by atoms with Crippen LogP contribution < -0.4 is 5.73 Å². The summed E-state index contributed by atoms with van der Waals surface area (Å²) in [6.45, 7) is 0. The van der Waals surface area contributed by atoms with Crippen molar-refractivity contribution < 1.29 is 4.39 Å². The Kier molecular flexibility index (Phi) is 3.34. The number of fused-ring (bicyclic) bond motifs is 1. The van der Waals surface area contributed by atoms with Gasteiger partial charge in [-0.05, 0) is 48.1 Å². The highest BCUT2D eigenvalue weighted by Gasteiger charge is 2.27. The van der Waals surface area contributed by atoms with Crippen molar-refractivity contribution in [3.63, 3.8) is 0 Å². The highest BCUT2D eigenvalue weighted by molar-refractivity contribution is 5.36. The van der Waals surface area contributed by atoms with E-state index in [0.717, 1.165) is 24.8 Å². The number of halogens is 1. The molecule has 0 fully saturated rings. The standard InChI is InChI=1S/C17H18FN/c18-14-7-8-15-13(11-14)6-9-17(19)16(15)10-12-4-2-1-3-5-12/h1-5,7-8,11,16-17H,6,9-10,19H2/t16?,17-/m0/s1. The highest BCUT2D eigenvalue weighted by Crippen LogP contribution is 2.33. The maximum Gasteiger partial charge on any atom is 0.123 e. The van der Waals surface area contributed by atoms with Crippen LogP contribution in [0.3, 0.4) is 0 Å². The monoisotopic (exact) mass is 255 g/mol. The van der Waals surface area contributed by atoms with E-state index in [1.54, 1.807) is 12.1 Å². The molecule has 0 saturated carbocycles. The van der Waals surface area contributed by atoms with E-state index in [4.69, 9.17) is 5.73 Å². The first kappa shape index (κ1) is 12.4. The largest absolute Gasteiger partial charge is 0.327 e. The van der Waals surface area contributed by atoms with E-state index in [2.05, 4.69) is 24.3 Å². The molecule has 2 N–H and O–H groups in total. The number of rotatable bonds is 2. The second kappa shape index (κ2) is 5.14. The lowest BCUT2D eigenvalue weighted by Gasteiger charge is -2.31. The maximum atomic E-state index is 13.3. The van der Waals surface area contributed by atoms with Gasteiger partial charge in [0.2, 0.25) is 0 Å². The first-order chi connectivity index (χ1) is 9.24. The van der Waals surface area contributed by atoms with Crippen LogP contribution in [0.5, 0.6) is 0 Å². The Hall–Kier alpha value is -1.67. The molecular weight excluding hydrogens is 237 g/mol. The number of hydrogen-bond acceptors (Lipinski definition) is 1. The average molecular weight is 255 g/mol. The average Bonchev–Trinajstić information content (AvgIpc) is 2.43. The van der Waals surface area contributed by atoms with Gasteiger partial charge < -0.3 is 5.73 Å². The lowest BCUT2D eigenvalue weighted by Crippen LogP contribution is -2.34. The van der Waals surface area contributed by atoms with Gasteiger partial charge in [-0.25, -0.2) is 4.39 Å². The fraction of sp³-hybridized carbons (Fsp3) is 0.294. The van der Waals surface area contributed by atoms with Gasteiger partial charge in [0.25, 0.3) is 0 Å². The molecule has 0 bridgehead atoms. The predicted octanol–water partition coefficient (Wildman–Crippen LogP) is 3.43. The minimum Gasteiger partial charge on any atom is -0.327 e. The smallest absolute Gasteiger partial charge is 0.123 e. The molecule has 3 rings (SSSR count). The quantitative estimate of drug-likeness (QED) is 0.874. The third kappa shape index (κ3) is 2.54. The van der Waals surface area contributed by atoms with E-state index in [1.807, 2.05) is 12.1 Å². The lowest BCUT2D eigenvalue weighted by molar-refractivity contribution is 0.465. The Morgan fingerprint density at radius 1 is 1.11 bits per heavy atom. The van der Waals surface area contributed by atoms with Gasteiger partial charge in [0.05, 0.1) is 0 Å². The summed E-state index contributed by atoms with van der Waals surface area (Å²) >= 11 is 0. The Morgan fingerprint density at radius 2 is 1.89 bits per heavy atom. The molecule has 98 valence electrons. The van der Waals surface area contributed by atoms with E-state index < -0.39 is 0 Å². The molecule has 0 radical (unpaired) electrons. The van der Waals surface area contributed by atoms with E-state index in [0.29, 0.717) is 5.92 Å². The van der Waals surface area contributed by atoms with Gasteiger partial charge in [0.15, 0.2) is 0 Å². The van der Waals surface area contributed by atoms with Gasteiger partial charge in [-0.1, -0.05) is 36.4 Å². The molecule has 0 aromatic heterocycles. The molecule has 2 aromatic rings. The summed E-state index contributed by atoms with van der Waals surface area (Å²) in [6, 6.07) is 15.7. The molecule has 2 heteroatoms. The molecule has 0 amide bonds. The van der Waals surface area contributed by atoms with Crippen molar-refractivity contribution in [3.8, 4) is 0 Å². The Morgan fingerprint density at radius 3 is 2.68 bits per heavy atom. The zero-order valence-electron chi connectivity index (χ0n) is 10.9. The predicted molar refractivity (Wildman–Crippen MR) is 75.6 cm³/mol. The van der Waals surface area contributed by atoms with E-state index in [9.17, 15) is 4.39 Å². The number of aryl methyl sites for hydroxylation is 1. The molecular formula is C17H18FN. The highest BCUT2D eigenvalue weighted by atomic mass is 19.1. The maximum absolute atomic E-state index is 13.3. The zero-order chi connectivity index (χ0) is 13.2. The number of benzene rings is 2. The van der Waals surface area contributed by atoms with Crippen LogP contribution in [0.25, 0.3) is 0 Å². The van der Waals surface area contributed by atoms with Crippen LogP contribution in [-0.4, -0.2) is 6.04 Å². The van der Waals surface area contributed by atoms with Gasteiger partial charge in [-0.3, -0.25) is 0 Å². The third-order valence-corrected chi connectivity index (χ3v) is 4.07. The van der Waals surface area contributed by atoms with Crippen molar-refractivity contribution >= 4 is 0 Å². The lowest BCUT2D eigenvalue weighted by atomic mass is 9.76. The topological polar surface area (TPSA) is 26.0 Å². The first-order valence-corrected chi connectivity index (χ1v) is 6.82. The SMILES string of the molecule is N[C@H]1CCc2cc(F)ccc2C1Cc1ccccc1. The Labute approximate surface area is 113 Å². The molecule has 19 heavy (non-hydrogen) atoms. The summed E-state index contributed by atoms with van der Waals surface area (Å²) < 4.78 is 13.3. The van der Waals surface area contributed by atoms with Crippen molar-refractivity contribution in [2.24, 2.45) is 5.73 Å². The van der Waals surface area contributed by atoms with E-state index in [-0.39, 0.29) is 11.9 Å². The molecule has 0 spiro atoms. The Balaban J connectivity index is 1.93. The van der Waals surface area contributed by atoms with E-state index in [1.165, 1.54) is 11.1 Å². The molecule has 2 atom stereocenters. The van der Waals surface area contributed by atoms with Gasteiger partial charge >= 0.3 is 0 Å². The van der Waals surface area contributed by atoms with Crippen LogP contribution in [0.2, 0.25) is 0 Å². The summed E-state index contributed by atoms with van der Waals surface area (Å²) in [4.78, 5) is 0. The molecule has 1 nitrogen and oxygen atoms in total. The van der Waals surface area contributed by atoms with Crippen molar-refractivity contribution in [1.82, 2.24) is 0 Å².